The van der Waals surface area contributed by atoms with E-state index in [4.69, 9.17) is 16.3 Å². The lowest BCUT2D eigenvalue weighted by molar-refractivity contribution is 0.0730. The third-order valence-electron chi connectivity index (χ3n) is 4.46. The van der Waals surface area contributed by atoms with Crippen molar-refractivity contribution in [2.45, 2.75) is 16.7 Å². The van der Waals surface area contributed by atoms with Gasteiger partial charge in [-0.1, -0.05) is 29.3 Å². The van der Waals surface area contributed by atoms with Gasteiger partial charge < -0.3 is 10.1 Å². The second-order valence-electron chi connectivity index (χ2n) is 6.58. The Labute approximate surface area is 180 Å². The molecular weight excluding hydrogens is 432 g/mol. The molecule has 29 heavy (non-hydrogen) atoms. The van der Waals surface area contributed by atoms with Gasteiger partial charge in [-0.2, -0.15) is 4.31 Å². The molecule has 0 unspecified atom stereocenters. The average Bonchev–Trinajstić information content (AvgIpc) is 2.73. The van der Waals surface area contributed by atoms with E-state index in [1.807, 2.05) is 31.2 Å². The van der Waals surface area contributed by atoms with Gasteiger partial charge in [0, 0.05) is 35.8 Å². The summed E-state index contributed by atoms with van der Waals surface area (Å²) in [6.07, 6.45) is 0. The van der Waals surface area contributed by atoms with Crippen LogP contribution in [-0.4, -0.2) is 57.2 Å². The number of nitrogens with zero attached hydrogens (tertiary/aromatic N) is 1. The fraction of sp³-hybridized carbons (Fsp3) is 0.350. The van der Waals surface area contributed by atoms with Gasteiger partial charge >= 0.3 is 0 Å². The number of nitrogens with one attached hydrogen (secondary N) is 1. The molecular formula is C20H23ClN2O4S2. The number of benzene rings is 2. The number of sulfonamides is 1. The van der Waals surface area contributed by atoms with Gasteiger partial charge in [-0.15, -0.1) is 11.8 Å². The molecule has 9 heteroatoms. The maximum atomic E-state index is 12.9. The lowest BCUT2D eigenvalue weighted by Gasteiger charge is -2.26. The van der Waals surface area contributed by atoms with Gasteiger partial charge in [0.1, 0.15) is 4.90 Å². The molecule has 2 aromatic rings. The van der Waals surface area contributed by atoms with Crippen molar-refractivity contribution in [1.82, 2.24) is 9.62 Å². The molecule has 1 fully saturated rings. The molecule has 0 aliphatic carbocycles. The summed E-state index contributed by atoms with van der Waals surface area (Å²) in [5, 5.41) is 2.93. The molecule has 3 rings (SSSR count). The number of halogens is 1. The molecule has 156 valence electrons. The van der Waals surface area contributed by atoms with Crippen molar-refractivity contribution in [2.24, 2.45) is 0 Å². The van der Waals surface area contributed by atoms with Crippen LogP contribution in [0.4, 0.5) is 0 Å². The number of thioether (sulfide) groups is 1. The molecule has 0 saturated carbocycles. The van der Waals surface area contributed by atoms with E-state index in [-0.39, 0.29) is 34.5 Å². The zero-order valence-electron chi connectivity index (χ0n) is 16.1. The minimum Gasteiger partial charge on any atom is -0.379 e. The normalized spacial score (nSPS) is 15.2. The fourth-order valence-corrected chi connectivity index (χ4v) is 5.52. The number of morpholine rings is 1. The second-order valence-corrected chi connectivity index (χ2v) is 10.1. The molecule has 0 spiro atoms. The molecule has 0 bridgehead atoms. The first-order valence-electron chi connectivity index (χ1n) is 9.23. The van der Waals surface area contributed by atoms with Crippen molar-refractivity contribution < 1.29 is 17.9 Å². The largest absolute Gasteiger partial charge is 0.379 e. The van der Waals surface area contributed by atoms with Crippen LogP contribution in [0.3, 0.4) is 0 Å². The minimum absolute atomic E-state index is 0.0530. The first-order valence-corrected chi connectivity index (χ1v) is 12.0. The summed E-state index contributed by atoms with van der Waals surface area (Å²) < 4.78 is 32.3. The Morgan fingerprint density at radius 1 is 1.17 bits per heavy atom. The van der Waals surface area contributed by atoms with E-state index >= 15 is 0 Å². The van der Waals surface area contributed by atoms with Crippen LogP contribution in [0.15, 0.2) is 52.3 Å². The maximum absolute atomic E-state index is 12.9. The van der Waals surface area contributed by atoms with Gasteiger partial charge in [-0.3, -0.25) is 4.79 Å². The van der Waals surface area contributed by atoms with Gasteiger partial charge in [0.05, 0.1) is 18.2 Å². The van der Waals surface area contributed by atoms with E-state index in [1.54, 1.807) is 11.8 Å². The summed E-state index contributed by atoms with van der Waals surface area (Å²) in [6, 6.07) is 12.5. The predicted molar refractivity (Wildman–Crippen MR) is 115 cm³/mol. The van der Waals surface area contributed by atoms with Crippen molar-refractivity contribution >= 4 is 39.3 Å². The zero-order valence-corrected chi connectivity index (χ0v) is 18.4. The second kappa shape index (κ2) is 9.95. The number of ether oxygens (including phenoxy) is 1. The lowest BCUT2D eigenvalue weighted by atomic mass is 10.2. The van der Waals surface area contributed by atoms with Crippen molar-refractivity contribution in [2.75, 3.05) is 38.6 Å². The number of carbonyl (C=O) groups is 1. The molecule has 1 heterocycles. The number of hydrogen-bond donors (Lipinski definition) is 1. The SMILES string of the molecule is Cc1ccc(SCCNC(=O)c2ccc(Cl)c(S(=O)(=O)N3CCOCC3)c2)cc1. The van der Waals surface area contributed by atoms with E-state index in [9.17, 15) is 13.2 Å². The van der Waals surface area contributed by atoms with Crippen LogP contribution in [0.2, 0.25) is 5.02 Å². The van der Waals surface area contributed by atoms with Crippen LogP contribution < -0.4 is 5.32 Å². The van der Waals surface area contributed by atoms with Crippen LogP contribution in [0, 0.1) is 6.92 Å². The average molecular weight is 455 g/mol. The Hall–Kier alpha value is -1.58. The van der Waals surface area contributed by atoms with Crippen LogP contribution in [0.5, 0.6) is 0 Å². The number of aryl methyl sites for hydroxylation is 1. The smallest absolute Gasteiger partial charge is 0.251 e. The van der Waals surface area contributed by atoms with Crippen molar-refractivity contribution in [3.8, 4) is 0 Å². The van der Waals surface area contributed by atoms with Crippen molar-refractivity contribution in [3.63, 3.8) is 0 Å². The van der Waals surface area contributed by atoms with E-state index in [0.717, 1.165) is 4.90 Å². The molecule has 0 atom stereocenters. The van der Waals surface area contributed by atoms with Crippen LogP contribution >= 0.6 is 23.4 Å². The van der Waals surface area contributed by atoms with Gasteiger partial charge in [-0.25, -0.2) is 8.42 Å². The van der Waals surface area contributed by atoms with Crippen LogP contribution in [0.1, 0.15) is 15.9 Å². The highest BCUT2D eigenvalue weighted by atomic mass is 35.5. The van der Waals surface area contributed by atoms with Gasteiger partial charge in [0.15, 0.2) is 0 Å². The Balaban J connectivity index is 1.62. The highest BCUT2D eigenvalue weighted by Gasteiger charge is 2.29. The molecule has 1 amide bonds. The predicted octanol–water partition coefficient (Wildman–Crippen LogP) is 3.19. The molecule has 2 aromatic carbocycles. The molecule has 1 aliphatic heterocycles. The Morgan fingerprint density at radius 2 is 1.86 bits per heavy atom. The third kappa shape index (κ3) is 5.73. The molecule has 6 nitrogen and oxygen atoms in total. The van der Waals surface area contributed by atoms with Gasteiger partial charge in [-0.05, 0) is 37.3 Å². The monoisotopic (exact) mass is 454 g/mol. The quantitative estimate of drug-likeness (QED) is 0.513. The lowest BCUT2D eigenvalue weighted by Crippen LogP contribution is -2.40. The summed E-state index contributed by atoms with van der Waals surface area (Å²) in [5.74, 6) is 0.381. The summed E-state index contributed by atoms with van der Waals surface area (Å²) in [7, 11) is -3.78. The first kappa shape index (κ1) is 22.1. The highest BCUT2D eigenvalue weighted by molar-refractivity contribution is 7.99. The summed E-state index contributed by atoms with van der Waals surface area (Å²) in [5.41, 5.74) is 1.47. The minimum atomic E-state index is -3.78. The topological polar surface area (TPSA) is 75.7 Å². The van der Waals surface area contributed by atoms with E-state index in [2.05, 4.69) is 5.32 Å². The Kier molecular flexibility index (Phi) is 7.59. The van der Waals surface area contributed by atoms with Crippen LogP contribution in [-0.2, 0) is 14.8 Å². The Morgan fingerprint density at radius 3 is 2.55 bits per heavy atom. The maximum Gasteiger partial charge on any atom is 0.251 e. The van der Waals surface area contributed by atoms with Crippen LogP contribution in [0.25, 0.3) is 0 Å². The fourth-order valence-electron chi connectivity index (χ4n) is 2.84. The third-order valence-corrected chi connectivity index (χ3v) is 7.85. The summed E-state index contributed by atoms with van der Waals surface area (Å²) in [6.45, 7) is 3.72. The molecule has 0 radical (unpaired) electrons. The van der Waals surface area contributed by atoms with E-state index in [0.29, 0.717) is 25.5 Å². The molecule has 1 saturated heterocycles. The molecule has 1 aliphatic rings. The summed E-state index contributed by atoms with van der Waals surface area (Å²) >= 11 is 7.78. The van der Waals surface area contributed by atoms with Gasteiger partial charge in [0.2, 0.25) is 10.0 Å². The number of amides is 1. The first-order chi connectivity index (χ1) is 13.9. The van der Waals surface area contributed by atoms with E-state index < -0.39 is 10.0 Å². The summed E-state index contributed by atoms with van der Waals surface area (Å²) in [4.78, 5) is 13.6. The van der Waals surface area contributed by atoms with E-state index in [1.165, 1.54) is 28.1 Å². The number of rotatable bonds is 7. The Bertz CT molecular complexity index is 959. The van der Waals surface area contributed by atoms with Crippen molar-refractivity contribution in [1.29, 1.82) is 0 Å². The molecule has 1 N–H and O–H groups in total. The van der Waals surface area contributed by atoms with Crippen molar-refractivity contribution in [3.05, 3.63) is 58.6 Å². The zero-order chi connectivity index (χ0) is 20.9. The number of carbonyl (C=O) groups excluding carboxylic acids is 1. The number of hydrogen-bond acceptors (Lipinski definition) is 5. The van der Waals surface area contributed by atoms with Gasteiger partial charge in [0.25, 0.3) is 5.91 Å². The standard InChI is InChI=1S/C20H23ClN2O4S2/c1-15-2-5-17(6-3-15)28-13-8-22-20(24)16-4-7-18(21)19(14-16)29(25,26)23-9-11-27-12-10-23/h2-7,14H,8-13H2,1H3,(H,22,24). The molecule has 0 aromatic heterocycles. The highest BCUT2D eigenvalue weighted by Crippen LogP contribution is 2.26.